The number of aromatic amines is 1. The fraction of sp³-hybridized carbons (Fsp3) is 0.606. The first-order valence-corrected chi connectivity index (χ1v) is 18.8. The van der Waals surface area contributed by atoms with Crippen LogP contribution in [0.5, 0.6) is 0 Å². The van der Waals surface area contributed by atoms with Crippen LogP contribution in [0.15, 0.2) is 34.2 Å². The lowest BCUT2D eigenvalue weighted by molar-refractivity contribution is -0.127. The van der Waals surface area contributed by atoms with Crippen molar-refractivity contribution in [2.75, 3.05) is 90.0 Å². The molecule has 3 rings (SSSR count). The number of hydrogen-bond donors (Lipinski definition) is 4. The van der Waals surface area contributed by atoms with Gasteiger partial charge in [0.15, 0.2) is 16.3 Å². The van der Waals surface area contributed by atoms with E-state index in [4.69, 9.17) is 52.6 Å². The second-order valence-electron chi connectivity index (χ2n) is 11.3. The summed E-state index contributed by atoms with van der Waals surface area (Å²) in [6.45, 7) is 6.57. The quantitative estimate of drug-likeness (QED) is 0.0480. The Labute approximate surface area is 311 Å². The number of aromatic nitrogens is 4. The van der Waals surface area contributed by atoms with Gasteiger partial charge in [-0.1, -0.05) is 48.3 Å². The third-order valence-corrected chi connectivity index (χ3v) is 8.71. The summed E-state index contributed by atoms with van der Waals surface area (Å²) in [4.78, 5) is 48.7. The Balaban J connectivity index is 1.30. The minimum Gasteiger partial charge on any atom is -0.379 e. The number of carbonyl (C=O) groups excluding carboxylic acids is 2. The molecule has 0 aliphatic carbocycles. The Morgan fingerprint density at radius 1 is 0.882 bits per heavy atom. The number of amides is 2. The fourth-order valence-corrected chi connectivity index (χ4v) is 5.95. The third kappa shape index (κ3) is 16.9. The molecule has 0 bridgehead atoms. The van der Waals surface area contributed by atoms with E-state index in [0.717, 1.165) is 43.7 Å². The van der Waals surface area contributed by atoms with Crippen molar-refractivity contribution in [1.29, 1.82) is 0 Å². The standard InChI is InChI=1S/C33H49Cl2N7O8S/c1-24(43)38-27(23-51-33-39-28-29(40-32(36)41-31(28)45)42(33)22-25-6-8-26(35)9-7-25)30(44)37-11-13-47-15-17-49-19-21-50-20-18-48-16-14-46-12-5-3-2-4-10-34/h6-9,27H,2-5,10-23H2,1H3,(H,37,44)(H,38,43)(H3,36,40,41,45)/t27-/m0/s1. The van der Waals surface area contributed by atoms with E-state index in [9.17, 15) is 14.4 Å². The van der Waals surface area contributed by atoms with Crippen LogP contribution >= 0.6 is 35.0 Å². The van der Waals surface area contributed by atoms with Gasteiger partial charge in [0, 0.05) is 36.7 Å². The van der Waals surface area contributed by atoms with Crippen LogP contribution in [0.3, 0.4) is 0 Å². The lowest BCUT2D eigenvalue weighted by atomic mass is 10.2. The number of thioether (sulfide) groups is 1. The zero-order valence-electron chi connectivity index (χ0n) is 29.0. The van der Waals surface area contributed by atoms with Gasteiger partial charge in [0.05, 0.1) is 66.0 Å². The summed E-state index contributed by atoms with van der Waals surface area (Å²) in [5.74, 6) is 0.0510. The highest BCUT2D eigenvalue weighted by Crippen LogP contribution is 2.24. The van der Waals surface area contributed by atoms with Crippen LogP contribution in [0.4, 0.5) is 5.95 Å². The molecule has 18 heteroatoms. The maximum atomic E-state index is 13.0. The molecule has 2 amide bonds. The summed E-state index contributed by atoms with van der Waals surface area (Å²) in [5, 5.41) is 6.47. The van der Waals surface area contributed by atoms with Gasteiger partial charge >= 0.3 is 0 Å². The molecule has 0 unspecified atom stereocenters. The zero-order chi connectivity index (χ0) is 36.7. The first kappa shape index (κ1) is 42.5. The van der Waals surface area contributed by atoms with Gasteiger partial charge in [-0.25, -0.2) is 4.98 Å². The van der Waals surface area contributed by atoms with Crippen LogP contribution in [0.25, 0.3) is 11.2 Å². The Hall–Kier alpha value is -2.96. The van der Waals surface area contributed by atoms with Gasteiger partial charge in [-0.3, -0.25) is 23.9 Å². The number of nitrogen functional groups attached to an aromatic ring is 1. The number of anilines is 1. The largest absolute Gasteiger partial charge is 0.379 e. The minimum absolute atomic E-state index is 0.0468. The van der Waals surface area contributed by atoms with Gasteiger partial charge < -0.3 is 40.1 Å². The van der Waals surface area contributed by atoms with E-state index in [-0.39, 0.29) is 42.2 Å². The van der Waals surface area contributed by atoms with Crippen LogP contribution in [0, 0.1) is 0 Å². The topological polar surface area (TPSA) is 194 Å². The van der Waals surface area contributed by atoms with E-state index in [1.54, 1.807) is 16.7 Å². The molecule has 0 radical (unpaired) electrons. The number of unbranched alkanes of at least 4 members (excludes halogenated alkanes) is 3. The number of carbonyl (C=O) groups is 2. The fourth-order valence-electron chi connectivity index (χ4n) is 4.62. The van der Waals surface area contributed by atoms with Gasteiger partial charge in [-0.2, -0.15) is 4.98 Å². The van der Waals surface area contributed by atoms with Gasteiger partial charge in [0.2, 0.25) is 17.8 Å². The van der Waals surface area contributed by atoms with Crippen molar-refractivity contribution < 1.29 is 33.3 Å². The minimum atomic E-state index is -0.879. The zero-order valence-corrected chi connectivity index (χ0v) is 31.3. The molecule has 15 nitrogen and oxygen atoms in total. The van der Waals surface area contributed by atoms with Crippen molar-refractivity contribution in [2.24, 2.45) is 0 Å². The number of imidazole rings is 1. The van der Waals surface area contributed by atoms with E-state index in [0.29, 0.717) is 75.2 Å². The Kier molecular flexibility index (Phi) is 20.9. The maximum Gasteiger partial charge on any atom is 0.280 e. The van der Waals surface area contributed by atoms with Crippen LogP contribution < -0.4 is 21.9 Å². The molecule has 0 aliphatic heterocycles. The first-order valence-electron chi connectivity index (χ1n) is 16.9. The van der Waals surface area contributed by atoms with Gasteiger partial charge in [0.1, 0.15) is 6.04 Å². The van der Waals surface area contributed by atoms with Crippen molar-refractivity contribution >= 4 is 63.9 Å². The Bertz CT molecular complexity index is 1510. The monoisotopic (exact) mass is 773 g/mol. The Morgan fingerprint density at radius 2 is 1.47 bits per heavy atom. The predicted octanol–water partition coefficient (Wildman–Crippen LogP) is 3.00. The van der Waals surface area contributed by atoms with E-state index >= 15 is 0 Å². The molecule has 0 saturated heterocycles. The number of hydrogen-bond acceptors (Lipinski definition) is 12. The molecule has 1 atom stereocenters. The lowest BCUT2D eigenvalue weighted by Gasteiger charge is -2.17. The van der Waals surface area contributed by atoms with Crippen molar-refractivity contribution in [1.82, 2.24) is 30.2 Å². The summed E-state index contributed by atoms with van der Waals surface area (Å²) < 4.78 is 29.3. The first-order chi connectivity index (χ1) is 24.8. The molecule has 2 heterocycles. The number of nitrogens with zero attached hydrogens (tertiary/aromatic N) is 3. The van der Waals surface area contributed by atoms with Crippen LogP contribution in [-0.2, 0) is 39.8 Å². The lowest BCUT2D eigenvalue weighted by Crippen LogP contribution is -2.48. The average Bonchev–Trinajstić information content (AvgIpc) is 3.44. The van der Waals surface area contributed by atoms with Crippen LogP contribution in [-0.4, -0.2) is 122 Å². The molecule has 3 aromatic rings. The molecule has 0 spiro atoms. The molecule has 5 N–H and O–H groups in total. The number of ether oxygens (including phenoxy) is 5. The predicted molar refractivity (Wildman–Crippen MR) is 198 cm³/mol. The maximum absolute atomic E-state index is 13.0. The molecular weight excluding hydrogens is 725 g/mol. The van der Waals surface area contributed by atoms with Crippen LogP contribution in [0.1, 0.15) is 38.2 Å². The van der Waals surface area contributed by atoms with E-state index in [1.165, 1.54) is 18.7 Å². The van der Waals surface area contributed by atoms with Crippen LogP contribution in [0.2, 0.25) is 5.02 Å². The smallest absolute Gasteiger partial charge is 0.280 e. The summed E-state index contributed by atoms with van der Waals surface area (Å²) >= 11 is 12.9. The average molecular weight is 775 g/mol. The highest BCUT2D eigenvalue weighted by Gasteiger charge is 2.23. The number of nitrogens with one attached hydrogen (secondary N) is 3. The van der Waals surface area contributed by atoms with E-state index in [1.807, 2.05) is 12.1 Å². The number of H-pyrrole nitrogens is 1. The van der Waals surface area contributed by atoms with E-state index < -0.39 is 11.6 Å². The third-order valence-electron chi connectivity index (χ3n) is 7.12. The molecular formula is C33H49Cl2N7O8S. The second kappa shape index (κ2) is 25.1. The molecule has 1 aromatic carbocycles. The van der Waals surface area contributed by atoms with Crippen molar-refractivity contribution in [3.8, 4) is 0 Å². The number of benzene rings is 1. The molecule has 0 saturated carbocycles. The molecule has 284 valence electrons. The second-order valence-corrected chi connectivity index (χ2v) is 13.1. The SMILES string of the molecule is CC(=O)N[C@@H](CSc1nc2c(=O)[nH]c(N)nc2n1Cc1ccc(Cl)cc1)C(=O)NCCOCCOCCOCCOCCOCCCCCCCl. The molecule has 51 heavy (non-hydrogen) atoms. The normalized spacial score (nSPS) is 12.0. The molecule has 0 aliphatic rings. The number of fused-ring (bicyclic) bond motifs is 1. The summed E-state index contributed by atoms with van der Waals surface area (Å²) in [5.41, 5.74) is 6.62. The van der Waals surface area contributed by atoms with Crippen molar-refractivity contribution in [3.63, 3.8) is 0 Å². The summed E-state index contributed by atoms with van der Waals surface area (Å²) in [7, 11) is 0. The number of halogens is 2. The van der Waals surface area contributed by atoms with Crippen molar-refractivity contribution in [3.05, 3.63) is 45.2 Å². The highest BCUT2D eigenvalue weighted by atomic mass is 35.5. The van der Waals surface area contributed by atoms with Crippen molar-refractivity contribution in [2.45, 2.75) is 50.4 Å². The summed E-state index contributed by atoms with van der Waals surface area (Å²) in [6.07, 6.45) is 4.38. The Morgan fingerprint density at radius 3 is 2.08 bits per heavy atom. The molecule has 2 aromatic heterocycles. The number of alkyl halides is 1. The highest BCUT2D eigenvalue weighted by molar-refractivity contribution is 7.99. The number of nitrogens with two attached hydrogens (primary N) is 1. The van der Waals surface area contributed by atoms with Gasteiger partial charge in [-0.05, 0) is 30.5 Å². The van der Waals surface area contributed by atoms with Gasteiger partial charge in [-0.15, -0.1) is 11.6 Å². The summed E-state index contributed by atoms with van der Waals surface area (Å²) in [6, 6.07) is 6.33. The van der Waals surface area contributed by atoms with Gasteiger partial charge in [0.25, 0.3) is 5.56 Å². The van der Waals surface area contributed by atoms with E-state index in [2.05, 4.69) is 25.6 Å². The number of rotatable bonds is 28. The molecule has 0 fully saturated rings.